The number of aliphatic hydroxyl groups excluding tert-OH is 3. The molecule has 1 aliphatic heterocycles. The molecule has 3 heterocycles. The summed E-state index contributed by atoms with van der Waals surface area (Å²) >= 11 is 0. The summed E-state index contributed by atoms with van der Waals surface area (Å²) in [7, 11) is 0. The zero-order chi connectivity index (χ0) is 13.6. The zero-order valence-corrected chi connectivity index (χ0v) is 13.2. The molecule has 4 unspecified atom stereocenters. The molecular formula is C10H13N5O4Y. The summed E-state index contributed by atoms with van der Waals surface area (Å²) in [6, 6.07) is 0. The van der Waals surface area contributed by atoms with Crippen molar-refractivity contribution in [3.05, 3.63) is 12.7 Å². The Bertz CT molecular complexity index is 608. The summed E-state index contributed by atoms with van der Waals surface area (Å²) in [6.45, 7) is -0.390. The molecule has 0 amide bonds. The van der Waals surface area contributed by atoms with Gasteiger partial charge in [0, 0.05) is 32.7 Å². The Hall–Kier alpha value is -0.706. The number of aliphatic hydroxyl groups is 3. The maximum Gasteiger partial charge on any atom is 0.167 e. The molecule has 10 heteroatoms. The number of aromatic nitrogens is 4. The van der Waals surface area contributed by atoms with Crippen LogP contribution < -0.4 is 5.73 Å². The molecule has 0 saturated carbocycles. The molecule has 0 spiro atoms. The summed E-state index contributed by atoms with van der Waals surface area (Å²) in [4.78, 5) is 11.9. The fourth-order valence-electron chi connectivity index (χ4n) is 2.17. The number of anilines is 1. The molecule has 2 aromatic heterocycles. The van der Waals surface area contributed by atoms with Gasteiger partial charge in [0.1, 0.15) is 30.2 Å². The van der Waals surface area contributed by atoms with Crippen LogP contribution in [0.5, 0.6) is 0 Å². The van der Waals surface area contributed by atoms with Crippen molar-refractivity contribution in [3.8, 4) is 0 Å². The molecule has 0 aliphatic carbocycles. The quantitative estimate of drug-likeness (QED) is 0.485. The molecule has 9 nitrogen and oxygen atoms in total. The number of nitrogen functional groups attached to an aromatic ring is 1. The second kappa shape index (κ2) is 5.96. The van der Waals surface area contributed by atoms with Gasteiger partial charge in [-0.05, 0) is 0 Å². The predicted octanol–water partition coefficient (Wildman–Crippen LogP) is -1.98. The molecule has 20 heavy (non-hydrogen) atoms. The number of nitrogens with two attached hydrogens (primary N) is 1. The van der Waals surface area contributed by atoms with Crippen molar-refractivity contribution in [2.24, 2.45) is 0 Å². The molecule has 0 bridgehead atoms. The third-order valence-electron chi connectivity index (χ3n) is 3.18. The van der Waals surface area contributed by atoms with E-state index >= 15 is 0 Å². The predicted molar refractivity (Wildman–Crippen MR) is 62.7 cm³/mol. The average molecular weight is 356 g/mol. The van der Waals surface area contributed by atoms with E-state index in [1.165, 1.54) is 17.2 Å². The van der Waals surface area contributed by atoms with Gasteiger partial charge in [-0.2, -0.15) is 0 Å². The largest absolute Gasteiger partial charge is 0.394 e. The first-order valence-electron chi connectivity index (χ1n) is 5.69. The van der Waals surface area contributed by atoms with Gasteiger partial charge in [0.05, 0.1) is 12.9 Å². The van der Waals surface area contributed by atoms with Gasteiger partial charge in [0.15, 0.2) is 17.7 Å². The van der Waals surface area contributed by atoms with E-state index in [0.717, 1.165) is 0 Å². The Labute approximate surface area is 138 Å². The minimum Gasteiger partial charge on any atom is -0.394 e. The van der Waals surface area contributed by atoms with Crippen molar-refractivity contribution in [2.75, 3.05) is 12.3 Å². The SMILES string of the molecule is Nc1ncnc2c1ncn2C1OC(CO)C(O)C1O.[Y]. The summed E-state index contributed by atoms with van der Waals surface area (Å²) in [6.07, 6.45) is -1.42. The van der Waals surface area contributed by atoms with Gasteiger partial charge in [-0.15, -0.1) is 0 Å². The van der Waals surface area contributed by atoms with Crippen LogP contribution in [0.25, 0.3) is 11.2 Å². The number of imidazole rings is 1. The number of rotatable bonds is 2. The van der Waals surface area contributed by atoms with Crippen LogP contribution in [0.3, 0.4) is 0 Å². The maximum absolute atomic E-state index is 9.95. The Morgan fingerprint density at radius 3 is 2.65 bits per heavy atom. The molecule has 1 saturated heterocycles. The fraction of sp³-hybridized carbons (Fsp3) is 0.500. The number of hydrogen-bond acceptors (Lipinski definition) is 8. The molecule has 105 valence electrons. The van der Waals surface area contributed by atoms with Gasteiger partial charge in [0.25, 0.3) is 0 Å². The third-order valence-corrected chi connectivity index (χ3v) is 3.18. The molecule has 1 fully saturated rings. The minimum absolute atomic E-state index is 0. The fourth-order valence-corrected chi connectivity index (χ4v) is 2.17. The van der Waals surface area contributed by atoms with E-state index in [4.69, 9.17) is 15.6 Å². The second-order valence-corrected chi connectivity index (χ2v) is 4.31. The van der Waals surface area contributed by atoms with Gasteiger partial charge < -0.3 is 25.8 Å². The van der Waals surface area contributed by atoms with Crippen LogP contribution in [0.4, 0.5) is 5.82 Å². The summed E-state index contributed by atoms with van der Waals surface area (Å²) < 4.78 is 6.85. The first-order chi connectivity index (χ1) is 9.13. The van der Waals surface area contributed by atoms with Crippen molar-refractivity contribution >= 4 is 17.0 Å². The Kier molecular flexibility index (Phi) is 4.67. The van der Waals surface area contributed by atoms with Gasteiger partial charge in [-0.1, -0.05) is 0 Å². The number of nitrogens with zero attached hydrogens (tertiary/aromatic N) is 4. The van der Waals surface area contributed by atoms with Crippen LogP contribution in [0, 0.1) is 0 Å². The Morgan fingerprint density at radius 2 is 2.00 bits per heavy atom. The number of fused-ring (bicyclic) bond motifs is 1. The molecule has 1 aliphatic rings. The van der Waals surface area contributed by atoms with Gasteiger partial charge in [0.2, 0.25) is 0 Å². The van der Waals surface area contributed by atoms with E-state index in [9.17, 15) is 10.2 Å². The molecular weight excluding hydrogens is 343 g/mol. The van der Waals surface area contributed by atoms with E-state index in [2.05, 4.69) is 15.0 Å². The van der Waals surface area contributed by atoms with Gasteiger partial charge in [-0.25, -0.2) is 15.0 Å². The van der Waals surface area contributed by atoms with E-state index in [-0.39, 0.29) is 38.5 Å². The van der Waals surface area contributed by atoms with Crippen molar-refractivity contribution in [3.63, 3.8) is 0 Å². The van der Waals surface area contributed by atoms with Gasteiger partial charge >= 0.3 is 0 Å². The Morgan fingerprint density at radius 1 is 1.25 bits per heavy atom. The molecule has 0 aromatic carbocycles. The van der Waals surface area contributed by atoms with Crippen molar-refractivity contribution in [1.29, 1.82) is 0 Å². The normalized spacial score (nSPS) is 29.6. The van der Waals surface area contributed by atoms with E-state index < -0.39 is 31.1 Å². The Balaban J connectivity index is 0.00000147. The molecule has 1 radical (unpaired) electrons. The molecule has 3 rings (SSSR count). The van der Waals surface area contributed by atoms with Crippen LogP contribution in [0.2, 0.25) is 0 Å². The summed E-state index contributed by atoms with van der Waals surface area (Å²) in [5.41, 5.74) is 6.44. The minimum atomic E-state index is -1.19. The zero-order valence-electron chi connectivity index (χ0n) is 10.4. The van der Waals surface area contributed by atoms with Crippen molar-refractivity contribution < 1.29 is 52.8 Å². The van der Waals surface area contributed by atoms with Crippen molar-refractivity contribution in [2.45, 2.75) is 24.5 Å². The number of hydrogen-bond donors (Lipinski definition) is 4. The molecule has 2 aromatic rings. The van der Waals surface area contributed by atoms with Crippen LogP contribution >= 0.6 is 0 Å². The smallest absolute Gasteiger partial charge is 0.167 e. The van der Waals surface area contributed by atoms with Crippen LogP contribution in [0.1, 0.15) is 6.23 Å². The van der Waals surface area contributed by atoms with E-state index in [1.807, 2.05) is 0 Å². The topological polar surface area (TPSA) is 140 Å². The third kappa shape index (κ3) is 2.34. The first-order valence-corrected chi connectivity index (χ1v) is 5.69. The standard InChI is InChI=1S/C10H13N5O4.Y/c11-8-5-9(13-2-12-8)15(3-14-5)10-7(18)6(17)4(1-16)19-10;/h2-4,6-7,10,16-18H,1H2,(H2,11,12,13);. The van der Waals surface area contributed by atoms with Gasteiger partial charge in [-0.3, -0.25) is 4.57 Å². The summed E-state index contributed by atoms with van der Waals surface area (Å²) in [5.74, 6) is 0.218. The maximum atomic E-state index is 9.95. The van der Waals surface area contributed by atoms with E-state index in [1.54, 1.807) is 0 Å². The molecule has 4 atom stereocenters. The van der Waals surface area contributed by atoms with Crippen LogP contribution in [-0.2, 0) is 37.4 Å². The van der Waals surface area contributed by atoms with E-state index in [0.29, 0.717) is 11.2 Å². The average Bonchev–Trinajstić information content (AvgIpc) is 2.94. The van der Waals surface area contributed by atoms with Crippen molar-refractivity contribution in [1.82, 2.24) is 19.5 Å². The first kappa shape index (κ1) is 15.7. The molecule has 5 N–H and O–H groups in total. The summed E-state index contributed by atoms with van der Waals surface area (Å²) in [5, 5.41) is 28.7. The van der Waals surface area contributed by atoms with Crippen LogP contribution in [-0.4, -0.2) is 59.8 Å². The monoisotopic (exact) mass is 356 g/mol. The second-order valence-electron chi connectivity index (χ2n) is 4.31. The number of ether oxygens (including phenoxy) is 1. The van der Waals surface area contributed by atoms with Crippen LogP contribution in [0.15, 0.2) is 12.7 Å².